The van der Waals surface area contributed by atoms with Gasteiger partial charge in [0.05, 0.1) is 0 Å². The third-order valence-electron chi connectivity index (χ3n) is 2.22. The highest BCUT2D eigenvalue weighted by atomic mass is 32.1. The molecule has 1 aliphatic carbocycles. The van der Waals surface area contributed by atoms with Crippen LogP contribution in [0.2, 0.25) is 0 Å². The van der Waals surface area contributed by atoms with Crippen LogP contribution < -0.4 is 5.73 Å². The summed E-state index contributed by atoms with van der Waals surface area (Å²) < 4.78 is 36.6. The molecule has 0 radical (unpaired) electrons. The maximum atomic E-state index is 12.2. The molecule has 0 bridgehead atoms. The van der Waals surface area contributed by atoms with Crippen LogP contribution in [0, 0.1) is 5.92 Å². The number of nitrogens with zero attached hydrogens (tertiary/aromatic N) is 1. The van der Waals surface area contributed by atoms with Gasteiger partial charge in [-0.15, -0.1) is 11.3 Å². The summed E-state index contributed by atoms with van der Waals surface area (Å²) in [6.07, 6.45) is -1.07. The molecule has 2 nitrogen and oxygen atoms in total. The second kappa shape index (κ2) is 3.20. The van der Waals surface area contributed by atoms with Gasteiger partial charge in [0.25, 0.3) is 0 Å². The van der Waals surface area contributed by atoms with E-state index in [1.165, 1.54) is 6.20 Å². The van der Waals surface area contributed by atoms with Crippen molar-refractivity contribution in [2.45, 2.75) is 25.1 Å². The Morgan fingerprint density at radius 2 is 2.14 bits per heavy atom. The summed E-state index contributed by atoms with van der Waals surface area (Å²) >= 11 is 0.655. The van der Waals surface area contributed by atoms with E-state index in [1.54, 1.807) is 0 Å². The minimum Gasteiger partial charge on any atom is -0.323 e. The Morgan fingerprint density at radius 1 is 1.50 bits per heavy atom. The van der Waals surface area contributed by atoms with E-state index in [4.69, 9.17) is 5.73 Å². The zero-order valence-electron chi connectivity index (χ0n) is 7.21. The van der Waals surface area contributed by atoms with Crippen LogP contribution in [0.4, 0.5) is 13.2 Å². The molecule has 1 unspecified atom stereocenters. The molecular formula is C8H9F3N2S. The summed E-state index contributed by atoms with van der Waals surface area (Å²) in [4.78, 5) is 3.87. The first kappa shape index (κ1) is 9.92. The molecule has 1 saturated carbocycles. The Balaban J connectivity index is 2.16. The maximum Gasteiger partial charge on any atom is 0.443 e. The van der Waals surface area contributed by atoms with E-state index in [9.17, 15) is 13.2 Å². The van der Waals surface area contributed by atoms with Crippen molar-refractivity contribution >= 4 is 11.3 Å². The molecule has 6 heteroatoms. The third kappa shape index (κ3) is 1.90. The highest BCUT2D eigenvalue weighted by Gasteiger charge is 2.37. The van der Waals surface area contributed by atoms with Crippen molar-refractivity contribution in [2.75, 3.05) is 0 Å². The van der Waals surface area contributed by atoms with Crippen LogP contribution in [0.3, 0.4) is 0 Å². The summed E-state index contributed by atoms with van der Waals surface area (Å²) in [5.41, 5.74) is 5.76. The van der Waals surface area contributed by atoms with Crippen molar-refractivity contribution < 1.29 is 13.2 Å². The topological polar surface area (TPSA) is 38.9 Å². The lowest BCUT2D eigenvalue weighted by molar-refractivity contribution is -0.137. The number of hydrogen-bond donors (Lipinski definition) is 1. The van der Waals surface area contributed by atoms with Gasteiger partial charge in [0.15, 0.2) is 5.01 Å². The Bertz CT molecular complexity index is 330. The van der Waals surface area contributed by atoms with Crippen LogP contribution in [0.5, 0.6) is 0 Å². The first-order valence-electron chi connectivity index (χ1n) is 4.27. The van der Waals surface area contributed by atoms with Crippen LogP contribution in [0.25, 0.3) is 0 Å². The van der Waals surface area contributed by atoms with Crippen LogP contribution >= 0.6 is 11.3 Å². The smallest absolute Gasteiger partial charge is 0.323 e. The fourth-order valence-corrected chi connectivity index (χ4v) is 2.14. The zero-order chi connectivity index (χ0) is 10.3. The molecule has 1 aromatic heterocycles. The van der Waals surface area contributed by atoms with Crippen LogP contribution in [0.1, 0.15) is 28.8 Å². The number of nitrogens with two attached hydrogens (primary N) is 1. The standard InChI is InChI=1S/C8H9F3N2S/c9-8(10,11)7-13-3-5(14-7)6(12)4-1-2-4/h3-4,6H,1-2,12H2. The maximum absolute atomic E-state index is 12.2. The monoisotopic (exact) mass is 222 g/mol. The zero-order valence-corrected chi connectivity index (χ0v) is 8.03. The molecule has 14 heavy (non-hydrogen) atoms. The van der Waals surface area contributed by atoms with E-state index in [1.807, 2.05) is 0 Å². The summed E-state index contributed by atoms with van der Waals surface area (Å²) in [5, 5.41) is -0.802. The minimum absolute atomic E-state index is 0.261. The van der Waals surface area contributed by atoms with Gasteiger partial charge in [-0.1, -0.05) is 0 Å². The van der Waals surface area contributed by atoms with Gasteiger partial charge in [0, 0.05) is 17.1 Å². The van der Waals surface area contributed by atoms with E-state index in [0.29, 0.717) is 22.1 Å². The second-order valence-corrected chi connectivity index (χ2v) is 4.49. The highest BCUT2D eigenvalue weighted by Crippen LogP contribution is 2.42. The van der Waals surface area contributed by atoms with Crippen molar-refractivity contribution in [3.63, 3.8) is 0 Å². The molecule has 0 spiro atoms. The Hall–Kier alpha value is -0.620. The predicted molar refractivity (Wildman–Crippen MR) is 46.8 cm³/mol. The molecule has 1 aromatic rings. The summed E-state index contributed by atoms with van der Waals surface area (Å²) in [6.45, 7) is 0. The Labute approximate surface area is 82.9 Å². The van der Waals surface area contributed by atoms with Crippen molar-refractivity contribution in [1.29, 1.82) is 0 Å². The lowest BCUT2D eigenvalue weighted by atomic mass is 10.2. The average molecular weight is 222 g/mol. The van der Waals surface area contributed by atoms with Crippen LogP contribution in [-0.2, 0) is 6.18 Å². The van der Waals surface area contributed by atoms with Gasteiger partial charge < -0.3 is 5.73 Å². The number of halogens is 3. The largest absolute Gasteiger partial charge is 0.443 e. The quantitative estimate of drug-likeness (QED) is 0.835. The predicted octanol–water partition coefficient (Wildman–Crippen LogP) is 2.57. The number of alkyl halides is 3. The van der Waals surface area contributed by atoms with Gasteiger partial charge in [0.2, 0.25) is 0 Å². The average Bonchev–Trinajstić information content (AvgIpc) is 2.79. The second-order valence-electron chi connectivity index (χ2n) is 3.43. The highest BCUT2D eigenvalue weighted by molar-refractivity contribution is 7.11. The lowest BCUT2D eigenvalue weighted by Gasteiger charge is -2.05. The first-order chi connectivity index (χ1) is 6.48. The molecule has 1 heterocycles. The fraction of sp³-hybridized carbons (Fsp3) is 0.625. The molecule has 1 atom stereocenters. The van der Waals surface area contributed by atoms with E-state index in [0.717, 1.165) is 12.8 Å². The first-order valence-corrected chi connectivity index (χ1v) is 5.08. The number of aromatic nitrogens is 1. The number of rotatable bonds is 2. The minimum atomic E-state index is -4.34. The lowest BCUT2D eigenvalue weighted by Crippen LogP contribution is -2.10. The molecular weight excluding hydrogens is 213 g/mol. The van der Waals surface area contributed by atoms with E-state index < -0.39 is 11.2 Å². The molecule has 0 saturated heterocycles. The van der Waals surface area contributed by atoms with Crippen molar-refractivity contribution in [1.82, 2.24) is 4.98 Å². The number of hydrogen-bond acceptors (Lipinski definition) is 3. The summed E-state index contributed by atoms with van der Waals surface area (Å²) in [6, 6.07) is -0.261. The van der Waals surface area contributed by atoms with Gasteiger partial charge in [0.1, 0.15) is 0 Å². The van der Waals surface area contributed by atoms with Crippen LogP contribution in [0.15, 0.2) is 6.20 Å². The summed E-state index contributed by atoms with van der Waals surface area (Å²) in [5.74, 6) is 0.358. The van der Waals surface area contributed by atoms with Crippen molar-refractivity contribution in [3.05, 3.63) is 16.1 Å². The Kier molecular flexibility index (Phi) is 2.27. The summed E-state index contributed by atoms with van der Waals surface area (Å²) in [7, 11) is 0. The Morgan fingerprint density at radius 3 is 2.57 bits per heavy atom. The van der Waals surface area contributed by atoms with Gasteiger partial charge >= 0.3 is 6.18 Å². The van der Waals surface area contributed by atoms with E-state index in [2.05, 4.69) is 4.98 Å². The molecule has 0 aliphatic heterocycles. The molecule has 2 rings (SSSR count). The molecule has 2 N–H and O–H groups in total. The van der Waals surface area contributed by atoms with Gasteiger partial charge in [-0.05, 0) is 18.8 Å². The number of thiazole rings is 1. The van der Waals surface area contributed by atoms with Gasteiger partial charge in [-0.3, -0.25) is 0 Å². The van der Waals surface area contributed by atoms with Gasteiger partial charge in [-0.25, -0.2) is 4.98 Å². The molecule has 0 amide bonds. The SMILES string of the molecule is NC(c1cnc(C(F)(F)F)s1)C1CC1. The van der Waals surface area contributed by atoms with Crippen molar-refractivity contribution in [3.8, 4) is 0 Å². The van der Waals surface area contributed by atoms with Gasteiger partial charge in [-0.2, -0.15) is 13.2 Å². The third-order valence-corrected chi connectivity index (χ3v) is 3.37. The van der Waals surface area contributed by atoms with Crippen molar-refractivity contribution in [2.24, 2.45) is 11.7 Å². The molecule has 1 fully saturated rings. The fourth-order valence-electron chi connectivity index (χ4n) is 1.26. The van der Waals surface area contributed by atoms with E-state index >= 15 is 0 Å². The molecule has 0 aromatic carbocycles. The normalized spacial score (nSPS) is 19.7. The molecule has 78 valence electrons. The van der Waals surface area contributed by atoms with E-state index in [-0.39, 0.29) is 6.04 Å². The molecule has 1 aliphatic rings. The van der Waals surface area contributed by atoms with Crippen LogP contribution in [-0.4, -0.2) is 4.98 Å².